The number of primary amides is 1. The van der Waals surface area contributed by atoms with Crippen LogP contribution in [-0.4, -0.2) is 70.9 Å². The molecule has 32 heavy (non-hydrogen) atoms. The number of hydrogen-bond acceptors (Lipinski definition) is 7. The summed E-state index contributed by atoms with van der Waals surface area (Å²) in [5, 5.41) is 16.9. The van der Waals surface area contributed by atoms with E-state index in [4.69, 9.17) is 11.5 Å². The first-order valence-corrected chi connectivity index (χ1v) is 11.9. The number of carboxylic acid groups (broad SMARTS) is 1. The van der Waals surface area contributed by atoms with Crippen molar-refractivity contribution in [2.24, 2.45) is 23.3 Å². The summed E-state index contributed by atoms with van der Waals surface area (Å²) in [6.45, 7) is 6.81. The summed E-state index contributed by atoms with van der Waals surface area (Å²) < 4.78 is 0. The normalized spacial score (nSPS) is 14.9. The highest BCUT2D eigenvalue weighted by atomic mass is 32.2. The molecule has 4 unspecified atom stereocenters. The topological polar surface area (TPSA) is 194 Å². The molecule has 0 bridgehead atoms. The molecule has 0 rings (SSSR count). The molecule has 0 saturated carbocycles. The third-order valence-corrected chi connectivity index (χ3v) is 5.45. The minimum absolute atomic E-state index is 0.0711. The molecule has 0 aromatic carbocycles. The Morgan fingerprint density at radius 2 is 1.34 bits per heavy atom. The van der Waals surface area contributed by atoms with Gasteiger partial charge in [-0.3, -0.25) is 19.2 Å². The summed E-state index contributed by atoms with van der Waals surface area (Å²) in [6, 6.07) is -4.14. The van der Waals surface area contributed by atoms with Gasteiger partial charge in [-0.1, -0.05) is 27.7 Å². The molecule has 4 atom stereocenters. The lowest BCUT2D eigenvalue weighted by molar-refractivity contribution is -0.143. The summed E-state index contributed by atoms with van der Waals surface area (Å²) in [7, 11) is 0. The van der Waals surface area contributed by atoms with Crippen molar-refractivity contribution in [3.8, 4) is 0 Å². The van der Waals surface area contributed by atoms with Crippen molar-refractivity contribution < 1.29 is 29.1 Å². The predicted molar refractivity (Wildman–Crippen MR) is 123 cm³/mol. The van der Waals surface area contributed by atoms with Gasteiger partial charge in [0.15, 0.2) is 0 Å². The number of aliphatic carboxylic acids is 1. The summed E-state index contributed by atoms with van der Waals surface area (Å²) in [4.78, 5) is 60.6. The van der Waals surface area contributed by atoms with E-state index in [1.165, 1.54) is 11.8 Å². The van der Waals surface area contributed by atoms with Crippen LogP contribution in [0.5, 0.6) is 0 Å². The summed E-state index contributed by atoms with van der Waals surface area (Å²) in [5.41, 5.74) is 11.0. The highest BCUT2D eigenvalue weighted by molar-refractivity contribution is 7.98. The number of carboxylic acids is 1. The maximum Gasteiger partial charge on any atom is 0.326 e. The summed E-state index contributed by atoms with van der Waals surface area (Å²) in [6.07, 6.45) is 1.84. The maximum absolute atomic E-state index is 12.9. The molecule has 0 heterocycles. The van der Waals surface area contributed by atoms with Crippen LogP contribution in [0, 0.1) is 11.8 Å². The zero-order valence-electron chi connectivity index (χ0n) is 19.3. The van der Waals surface area contributed by atoms with Crippen LogP contribution in [0.15, 0.2) is 0 Å². The van der Waals surface area contributed by atoms with Crippen LogP contribution in [0.1, 0.15) is 47.0 Å². The van der Waals surface area contributed by atoms with Gasteiger partial charge in [-0.2, -0.15) is 11.8 Å². The largest absolute Gasteiger partial charge is 0.480 e. The number of rotatable bonds is 15. The van der Waals surface area contributed by atoms with Crippen molar-refractivity contribution in [1.29, 1.82) is 0 Å². The third kappa shape index (κ3) is 10.8. The maximum atomic E-state index is 12.9. The number of nitrogens with one attached hydrogen (secondary N) is 3. The second-order valence-electron chi connectivity index (χ2n) is 8.25. The molecule has 4 amide bonds. The van der Waals surface area contributed by atoms with E-state index >= 15 is 0 Å². The van der Waals surface area contributed by atoms with Gasteiger partial charge in [0.2, 0.25) is 23.6 Å². The molecule has 0 fully saturated rings. The van der Waals surface area contributed by atoms with Crippen LogP contribution in [-0.2, 0) is 24.0 Å². The molecule has 11 nitrogen and oxygen atoms in total. The van der Waals surface area contributed by atoms with E-state index in [2.05, 4.69) is 16.0 Å². The monoisotopic (exact) mass is 475 g/mol. The van der Waals surface area contributed by atoms with Gasteiger partial charge in [0.25, 0.3) is 0 Å². The van der Waals surface area contributed by atoms with E-state index in [9.17, 15) is 29.1 Å². The number of carbonyl (C=O) groups is 5. The number of nitrogens with two attached hydrogens (primary N) is 2. The SMILES string of the molecule is CSCCC(NC(=O)C(CCC(N)=O)NC(=O)C(N)C(C)C)C(=O)NC(C(=O)O)C(C)C. The predicted octanol–water partition coefficient (Wildman–Crippen LogP) is -0.817. The first-order valence-electron chi connectivity index (χ1n) is 10.5. The van der Waals surface area contributed by atoms with E-state index in [0.717, 1.165) is 0 Å². The van der Waals surface area contributed by atoms with Gasteiger partial charge in [-0.15, -0.1) is 0 Å². The van der Waals surface area contributed by atoms with Gasteiger partial charge < -0.3 is 32.5 Å². The van der Waals surface area contributed by atoms with Crippen LogP contribution in [0.2, 0.25) is 0 Å². The Morgan fingerprint density at radius 3 is 1.78 bits per heavy atom. The molecule has 0 aromatic rings. The number of thioether (sulfide) groups is 1. The molecule has 0 aromatic heterocycles. The molecule has 0 radical (unpaired) electrons. The number of hydrogen-bond donors (Lipinski definition) is 6. The van der Waals surface area contributed by atoms with E-state index in [1.54, 1.807) is 27.7 Å². The average Bonchev–Trinajstić information content (AvgIpc) is 2.70. The fourth-order valence-corrected chi connectivity index (χ4v) is 3.14. The van der Waals surface area contributed by atoms with Crippen LogP contribution >= 0.6 is 11.8 Å². The Kier molecular flexibility index (Phi) is 13.6. The number of amides is 4. The van der Waals surface area contributed by atoms with Crippen LogP contribution < -0.4 is 27.4 Å². The first-order chi connectivity index (χ1) is 14.8. The van der Waals surface area contributed by atoms with E-state index in [0.29, 0.717) is 5.75 Å². The summed E-state index contributed by atoms with van der Waals surface area (Å²) >= 11 is 1.45. The quantitative estimate of drug-likeness (QED) is 0.177. The van der Waals surface area contributed by atoms with E-state index in [1.807, 2.05) is 6.26 Å². The fraction of sp³-hybridized carbons (Fsp3) is 0.750. The van der Waals surface area contributed by atoms with Gasteiger partial charge in [0.05, 0.1) is 6.04 Å². The zero-order valence-corrected chi connectivity index (χ0v) is 20.2. The second-order valence-corrected chi connectivity index (χ2v) is 9.23. The van der Waals surface area contributed by atoms with Crippen molar-refractivity contribution in [2.75, 3.05) is 12.0 Å². The Bertz CT molecular complexity index is 673. The Labute approximate surface area is 193 Å². The second kappa shape index (κ2) is 14.7. The van der Waals surface area contributed by atoms with Crippen molar-refractivity contribution >= 4 is 41.4 Å². The van der Waals surface area contributed by atoms with Crippen molar-refractivity contribution in [3.05, 3.63) is 0 Å². The molecule has 8 N–H and O–H groups in total. The van der Waals surface area contributed by atoms with E-state index in [-0.39, 0.29) is 31.1 Å². The Balaban J connectivity index is 5.52. The smallest absolute Gasteiger partial charge is 0.326 e. The van der Waals surface area contributed by atoms with Crippen LogP contribution in [0.4, 0.5) is 0 Å². The lowest BCUT2D eigenvalue weighted by Gasteiger charge is -2.26. The average molecular weight is 476 g/mol. The number of carbonyl (C=O) groups excluding carboxylic acids is 4. The van der Waals surface area contributed by atoms with Gasteiger partial charge >= 0.3 is 5.97 Å². The fourth-order valence-electron chi connectivity index (χ4n) is 2.67. The van der Waals surface area contributed by atoms with E-state index < -0.39 is 53.8 Å². The summed E-state index contributed by atoms with van der Waals surface area (Å²) in [5.74, 6) is -3.76. The molecule has 0 aliphatic carbocycles. The molecule has 0 aliphatic rings. The highest BCUT2D eigenvalue weighted by Gasteiger charge is 2.31. The minimum Gasteiger partial charge on any atom is -0.480 e. The molecule has 12 heteroatoms. The molecular weight excluding hydrogens is 438 g/mol. The third-order valence-electron chi connectivity index (χ3n) is 4.81. The van der Waals surface area contributed by atoms with Gasteiger partial charge in [-0.05, 0) is 36.7 Å². The molecular formula is C20H37N5O6S. The van der Waals surface area contributed by atoms with Gasteiger partial charge in [-0.25, -0.2) is 4.79 Å². The Morgan fingerprint density at radius 1 is 0.844 bits per heavy atom. The lowest BCUT2D eigenvalue weighted by atomic mass is 10.0. The molecule has 0 saturated heterocycles. The Hall–Kier alpha value is -2.34. The first kappa shape index (κ1) is 29.7. The standard InChI is InChI=1S/C20H37N5O6S/c1-10(2)15(22)19(29)24-12(6-7-14(21)26)17(27)23-13(8-9-32-5)18(28)25-16(11(3)4)20(30)31/h10-13,15-16H,6-9,22H2,1-5H3,(H2,21,26)(H,23,27)(H,24,29)(H,25,28)(H,30,31). The van der Waals surface area contributed by atoms with Crippen molar-refractivity contribution in [2.45, 2.75) is 71.1 Å². The molecule has 0 spiro atoms. The molecule has 0 aliphatic heterocycles. The van der Waals surface area contributed by atoms with Gasteiger partial charge in [0.1, 0.15) is 18.1 Å². The lowest BCUT2D eigenvalue weighted by Crippen LogP contribution is -2.58. The van der Waals surface area contributed by atoms with Crippen molar-refractivity contribution in [3.63, 3.8) is 0 Å². The molecule has 184 valence electrons. The zero-order chi connectivity index (χ0) is 25.0. The van der Waals surface area contributed by atoms with Crippen LogP contribution in [0.3, 0.4) is 0 Å². The highest BCUT2D eigenvalue weighted by Crippen LogP contribution is 2.08. The minimum atomic E-state index is -1.18. The van der Waals surface area contributed by atoms with Crippen molar-refractivity contribution in [1.82, 2.24) is 16.0 Å². The van der Waals surface area contributed by atoms with Crippen LogP contribution in [0.25, 0.3) is 0 Å². The van der Waals surface area contributed by atoms with Gasteiger partial charge in [0, 0.05) is 6.42 Å².